The van der Waals surface area contributed by atoms with Gasteiger partial charge in [-0.2, -0.15) is 0 Å². The summed E-state index contributed by atoms with van der Waals surface area (Å²) in [6.45, 7) is 6.74. The molecule has 1 aromatic rings. The lowest BCUT2D eigenvalue weighted by Crippen LogP contribution is -2.26. The largest absolute Gasteiger partial charge is 0.377 e. The summed E-state index contributed by atoms with van der Waals surface area (Å²) in [6, 6.07) is 2.49. The van der Waals surface area contributed by atoms with Crippen molar-refractivity contribution < 1.29 is 0 Å². The predicted molar refractivity (Wildman–Crippen MR) is 69.7 cm³/mol. The van der Waals surface area contributed by atoms with Crippen LogP contribution in [-0.2, 0) is 6.54 Å². The summed E-state index contributed by atoms with van der Waals surface area (Å²) in [7, 11) is 4.10. The fraction of sp³-hybridized carbons (Fsp3) is 0.462. The average Bonchev–Trinajstić information content (AvgIpc) is 2.27. The molecule has 0 aromatic carbocycles. The normalized spacial score (nSPS) is 12.2. The highest BCUT2D eigenvalue weighted by atomic mass is 15.1. The fourth-order valence-corrected chi connectivity index (χ4v) is 1.61. The van der Waals surface area contributed by atoms with Gasteiger partial charge in [0.25, 0.3) is 0 Å². The van der Waals surface area contributed by atoms with Crippen LogP contribution in [0.25, 0.3) is 0 Å². The molecule has 1 unspecified atom stereocenters. The number of hydrogen-bond donors (Lipinski definition) is 1. The van der Waals surface area contributed by atoms with E-state index in [1.165, 1.54) is 11.3 Å². The Balaban J connectivity index is 2.62. The van der Waals surface area contributed by atoms with Crippen LogP contribution < -0.4 is 10.2 Å². The van der Waals surface area contributed by atoms with Crippen molar-refractivity contribution in [2.24, 2.45) is 0 Å². The Morgan fingerprint density at radius 1 is 1.56 bits per heavy atom. The van der Waals surface area contributed by atoms with Gasteiger partial charge >= 0.3 is 0 Å². The summed E-state index contributed by atoms with van der Waals surface area (Å²) in [5, 5.41) is 3.46. The standard InChI is InChI=1S/C13H21N3/c1-5-6-11(2)15-10-12-9-14-8-7-13(12)16(3)4/h5,7-9,11,15H,1,6,10H2,2-4H3. The molecule has 1 N–H and O–H groups in total. The third kappa shape index (κ3) is 3.66. The monoisotopic (exact) mass is 219 g/mol. The minimum Gasteiger partial charge on any atom is -0.377 e. The Kier molecular flexibility index (Phi) is 4.99. The van der Waals surface area contributed by atoms with Crippen LogP contribution in [0, 0.1) is 0 Å². The second-order valence-electron chi connectivity index (χ2n) is 4.21. The zero-order chi connectivity index (χ0) is 12.0. The predicted octanol–water partition coefficient (Wildman–Crippen LogP) is 2.20. The van der Waals surface area contributed by atoms with Crippen LogP contribution in [0.4, 0.5) is 5.69 Å². The number of aromatic nitrogens is 1. The van der Waals surface area contributed by atoms with Gasteiger partial charge < -0.3 is 10.2 Å². The fourth-order valence-electron chi connectivity index (χ4n) is 1.61. The Morgan fingerprint density at radius 3 is 2.94 bits per heavy atom. The van der Waals surface area contributed by atoms with Crippen LogP contribution in [0.3, 0.4) is 0 Å². The lowest BCUT2D eigenvalue weighted by atomic mass is 10.2. The van der Waals surface area contributed by atoms with Crippen molar-refractivity contribution in [2.75, 3.05) is 19.0 Å². The zero-order valence-electron chi connectivity index (χ0n) is 10.4. The summed E-state index contributed by atoms with van der Waals surface area (Å²) in [4.78, 5) is 6.27. The quantitative estimate of drug-likeness (QED) is 0.743. The first-order valence-corrected chi connectivity index (χ1v) is 5.59. The summed E-state index contributed by atoms with van der Waals surface area (Å²) < 4.78 is 0. The Morgan fingerprint density at radius 2 is 2.31 bits per heavy atom. The van der Waals surface area contributed by atoms with Crippen molar-refractivity contribution in [2.45, 2.75) is 25.9 Å². The molecule has 0 saturated heterocycles. The summed E-state index contributed by atoms with van der Waals surface area (Å²) >= 11 is 0. The van der Waals surface area contributed by atoms with Gasteiger partial charge in [0.1, 0.15) is 0 Å². The average molecular weight is 219 g/mol. The van der Waals surface area contributed by atoms with E-state index >= 15 is 0 Å². The van der Waals surface area contributed by atoms with Crippen molar-refractivity contribution in [1.29, 1.82) is 0 Å². The molecule has 1 aromatic heterocycles. The van der Waals surface area contributed by atoms with Crippen LogP contribution in [0.1, 0.15) is 18.9 Å². The molecule has 16 heavy (non-hydrogen) atoms. The Hall–Kier alpha value is -1.35. The van der Waals surface area contributed by atoms with E-state index in [4.69, 9.17) is 0 Å². The molecule has 0 amide bonds. The highest BCUT2D eigenvalue weighted by molar-refractivity contribution is 5.50. The molecule has 1 heterocycles. The third-order valence-corrected chi connectivity index (χ3v) is 2.52. The van der Waals surface area contributed by atoms with E-state index in [1.807, 2.05) is 38.6 Å². The molecule has 0 bridgehead atoms. The van der Waals surface area contributed by atoms with Crippen molar-refractivity contribution in [3.05, 3.63) is 36.7 Å². The van der Waals surface area contributed by atoms with E-state index in [0.29, 0.717) is 6.04 Å². The van der Waals surface area contributed by atoms with E-state index in [-0.39, 0.29) is 0 Å². The SMILES string of the molecule is C=CCC(C)NCc1cnccc1N(C)C. The molecule has 1 atom stereocenters. The molecular formula is C13H21N3. The molecular weight excluding hydrogens is 198 g/mol. The lowest BCUT2D eigenvalue weighted by molar-refractivity contribution is 0.553. The number of nitrogens with one attached hydrogen (secondary N) is 1. The molecule has 0 aliphatic carbocycles. The number of nitrogens with zero attached hydrogens (tertiary/aromatic N) is 2. The van der Waals surface area contributed by atoms with Gasteiger partial charge in [-0.3, -0.25) is 4.98 Å². The van der Waals surface area contributed by atoms with Gasteiger partial charge in [0.05, 0.1) is 0 Å². The first kappa shape index (κ1) is 12.7. The van der Waals surface area contributed by atoms with Crippen LogP contribution in [0.2, 0.25) is 0 Å². The highest BCUT2D eigenvalue weighted by Crippen LogP contribution is 2.16. The third-order valence-electron chi connectivity index (χ3n) is 2.52. The van der Waals surface area contributed by atoms with Crippen molar-refractivity contribution in [1.82, 2.24) is 10.3 Å². The minimum absolute atomic E-state index is 0.452. The maximum atomic E-state index is 4.16. The van der Waals surface area contributed by atoms with Gasteiger partial charge in [0.2, 0.25) is 0 Å². The van der Waals surface area contributed by atoms with Crippen LogP contribution in [0.15, 0.2) is 31.1 Å². The number of hydrogen-bond acceptors (Lipinski definition) is 3. The molecule has 88 valence electrons. The van der Waals surface area contributed by atoms with E-state index in [1.54, 1.807) is 0 Å². The molecule has 0 saturated carbocycles. The molecule has 0 radical (unpaired) electrons. The first-order chi connectivity index (χ1) is 7.65. The first-order valence-electron chi connectivity index (χ1n) is 5.59. The molecule has 1 rings (SSSR count). The molecule has 0 spiro atoms. The number of anilines is 1. The Bertz CT molecular complexity index is 334. The van der Waals surface area contributed by atoms with Crippen LogP contribution in [-0.4, -0.2) is 25.1 Å². The van der Waals surface area contributed by atoms with Crippen LogP contribution >= 0.6 is 0 Å². The van der Waals surface area contributed by atoms with E-state index < -0.39 is 0 Å². The maximum absolute atomic E-state index is 4.16. The van der Waals surface area contributed by atoms with Gasteiger partial charge in [-0.25, -0.2) is 0 Å². The lowest BCUT2D eigenvalue weighted by Gasteiger charge is -2.18. The van der Waals surface area contributed by atoms with Gasteiger partial charge in [-0.15, -0.1) is 6.58 Å². The highest BCUT2D eigenvalue weighted by Gasteiger charge is 2.05. The van der Waals surface area contributed by atoms with E-state index in [2.05, 4.69) is 28.7 Å². The maximum Gasteiger partial charge on any atom is 0.0437 e. The number of pyridine rings is 1. The van der Waals surface area contributed by atoms with Gasteiger partial charge in [-0.05, 0) is 19.4 Å². The number of rotatable bonds is 6. The smallest absolute Gasteiger partial charge is 0.0437 e. The summed E-state index contributed by atoms with van der Waals surface area (Å²) in [5.74, 6) is 0. The summed E-state index contributed by atoms with van der Waals surface area (Å²) in [5.41, 5.74) is 2.44. The van der Waals surface area contributed by atoms with Gasteiger partial charge in [0, 0.05) is 50.3 Å². The van der Waals surface area contributed by atoms with Crippen molar-refractivity contribution >= 4 is 5.69 Å². The van der Waals surface area contributed by atoms with Crippen molar-refractivity contribution in [3.8, 4) is 0 Å². The molecule has 3 heteroatoms. The van der Waals surface area contributed by atoms with E-state index in [9.17, 15) is 0 Å². The second kappa shape index (κ2) is 6.28. The minimum atomic E-state index is 0.452. The molecule has 0 fully saturated rings. The van der Waals surface area contributed by atoms with Gasteiger partial charge in [-0.1, -0.05) is 6.08 Å². The van der Waals surface area contributed by atoms with E-state index in [0.717, 1.165) is 13.0 Å². The van der Waals surface area contributed by atoms with Crippen molar-refractivity contribution in [3.63, 3.8) is 0 Å². The summed E-state index contributed by atoms with van der Waals surface area (Å²) in [6.07, 6.45) is 6.67. The Labute approximate surface area is 98.2 Å². The molecule has 0 aliphatic heterocycles. The second-order valence-corrected chi connectivity index (χ2v) is 4.21. The molecule has 0 aliphatic rings. The topological polar surface area (TPSA) is 28.2 Å². The zero-order valence-corrected chi connectivity index (χ0v) is 10.4. The van der Waals surface area contributed by atoms with Crippen LogP contribution in [0.5, 0.6) is 0 Å². The van der Waals surface area contributed by atoms with Gasteiger partial charge in [0.15, 0.2) is 0 Å². The molecule has 3 nitrogen and oxygen atoms in total.